The average molecular weight is 394 g/mol. The second-order valence-electron chi connectivity index (χ2n) is 8.73. The Bertz CT molecular complexity index is 784. The number of fused-ring (bicyclic) bond motifs is 1. The second kappa shape index (κ2) is 8.28. The largest absolute Gasteiger partial charge is 0.493 e. The van der Waals surface area contributed by atoms with E-state index in [2.05, 4.69) is 31.6 Å². The molecule has 5 nitrogen and oxygen atoms in total. The van der Waals surface area contributed by atoms with Crippen LogP contribution in [0.5, 0.6) is 5.75 Å². The predicted molar refractivity (Wildman–Crippen MR) is 110 cm³/mol. The molecule has 0 bridgehead atoms. The summed E-state index contributed by atoms with van der Waals surface area (Å²) in [6.07, 6.45) is 3.31. The normalized spacial score (nSPS) is 15.1. The number of likely N-dealkylation sites (N-methyl/N-ethyl adjacent to an activating group) is 1. The van der Waals surface area contributed by atoms with Crippen LogP contribution in [0.2, 0.25) is 25.7 Å². The number of halogens is 1. The van der Waals surface area contributed by atoms with Gasteiger partial charge in [-0.15, -0.1) is 0 Å². The van der Waals surface area contributed by atoms with Crippen molar-refractivity contribution >= 4 is 19.0 Å². The molecule has 0 spiro atoms. The first kappa shape index (κ1) is 20.3. The average Bonchev–Trinajstić information content (AvgIpc) is 3.39. The maximum atomic E-state index is 14.3. The Balaban J connectivity index is 1.80. The molecule has 3 rings (SSSR count). The SMILES string of the molecule is COc1c(F)ccc2c1c(CCN(C)C1CC1)nn2COCC[Si](C)(C)C. The quantitative estimate of drug-likeness (QED) is 0.449. The summed E-state index contributed by atoms with van der Waals surface area (Å²) in [4.78, 5) is 2.36. The van der Waals surface area contributed by atoms with Crippen LogP contribution < -0.4 is 4.74 Å². The minimum atomic E-state index is -1.13. The van der Waals surface area contributed by atoms with E-state index in [-0.39, 0.29) is 11.6 Å². The zero-order valence-electron chi connectivity index (χ0n) is 17.2. The minimum Gasteiger partial charge on any atom is -0.493 e. The summed E-state index contributed by atoms with van der Waals surface area (Å²) in [5.74, 6) is -0.0640. The van der Waals surface area contributed by atoms with E-state index in [4.69, 9.17) is 14.6 Å². The van der Waals surface area contributed by atoms with Gasteiger partial charge < -0.3 is 14.4 Å². The molecule has 1 heterocycles. The number of benzene rings is 1. The Labute approximate surface area is 162 Å². The fourth-order valence-corrected chi connectivity index (χ4v) is 4.03. The van der Waals surface area contributed by atoms with E-state index >= 15 is 0 Å². The molecule has 7 heteroatoms. The van der Waals surface area contributed by atoms with Gasteiger partial charge in [-0.2, -0.15) is 5.10 Å². The van der Waals surface area contributed by atoms with E-state index < -0.39 is 8.07 Å². The molecule has 2 aromatic rings. The molecule has 0 unspecified atom stereocenters. The van der Waals surface area contributed by atoms with Gasteiger partial charge in [0.1, 0.15) is 6.73 Å². The van der Waals surface area contributed by atoms with Crippen molar-refractivity contribution in [2.75, 3.05) is 27.3 Å². The molecule has 1 aliphatic rings. The second-order valence-corrected chi connectivity index (χ2v) is 14.4. The topological polar surface area (TPSA) is 39.5 Å². The van der Waals surface area contributed by atoms with E-state index in [0.29, 0.717) is 12.8 Å². The van der Waals surface area contributed by atoms with Gasteiger partial charge in [-0.3, -0.25) is 0 Å². The zero-order chi connectivity index (χ0) is 19.6. The van der Waals surface area contributed by atoms with Gasteiger partial charge in [0.2, 0.25) is 0 Å². The van der Waals surface area contributed by atoms with Gasteiger partial charge in [-0.05, 0) is 38.1 Å². The molecule has 0 amide bonds. The highest BCUT2D eigenvalue weighted by molar-refractivity contribution is 6.76. The van der Waals surface area contributed by atoms with E-state index in [0.717, 1.165) is 42.2 Å². The monoisotopic (exact) mass is 393 g/mol. The molecule has 0 radical (unpaired) electrons. The number of ether oxygens (including phenoxy) is 2. The first-order chi connectivity index (χ1) is 12.8. The molecule has 27 heavy (non-hydrogen) atoms. The molecule has 1 aliphatic carbocycles. The van der Waals surface area contributed by atoms with Crippen LogP contribution in [0.3, 0.4) is 0 Å². The lowest BCUT2D eigenvalue weighted by Crippen LogP contribution is -2.23. The fourth-order valence-electron chi connectivity index (χ4n) is 3.27. The molecular formula is C20H32FN3O2Si. The van der Waals surface area contributed by atoms with Gasteiger partial charge in [-0.25, -0.2) is 9.07 Å². The molecule has 0 aliphatic heterocycles. The fraction of sp³-hybridized carbons (Fsp3) is 0.650. The maximum absolute atomic E-state index is 14.3. The summed E-state index contributed by atoms with van der Waals surface area (Å²) in [6.45, 7) is 9.03. The van der Waals surface area contributed by atoms with Crippen LogP contribution >= 0.6 is 0 Å². The highest BCUT2D eigenvalue weighted by Gasteiger charge is 2.26. The van der Waals surface area contributed by atoms with E-state index in [1.165, 1.54) is 26.0 Å². The Morgan fingerprint density at radius 1 is 1.30 bits per heavy atom. The van der Waals surface area contributed by atoms with Crippen LogP contribution in [0, 0.1) is 5.82 Å². The van der Waals surface area contributed by atoms with E-state index in [9.17, 15) is 4.39 Å². The smallest absolute Gasteiger partial charge is 0.165 e. The van der Waals surface area contributed by atoms with Gasteiger partial charge in [0, 0.05) is 33.7 Å². The highest BCUT2D eigenvalue weighted by Crippen LogP contribution is 2.32. The minimum absolute atomic E-state index is 0.282. The number of hydrogen-bond donors (Lipinski definition) is 0. The van der Waals surface area contributed by atoms with Crippen molar-refractivity contribution in [2.24, 2.45) is 0 Å². The summed E-state index contributed by atoms with van der Waals surface area (Å²) in [5.41, 5.74) is 1.74. The van der Waals surface area contributed by atoms with Crippen molar-refractivity contribution in [3.05, 3.63) is 23.6 Å². The first-order valence-electron chi connectivity index (χ1n) is 9.80. The molecule has 1 aromatic heterocycles. The van der Waals surface area contributed by atoms with Gasteiger partial charge in [0.15, 0.2) is 11.6 Å². The molecule has 1 aromatic carbocycles. The number of aromatic nitrogens is 2. The van der Waals surface area contributed by atoms with Crippen LogP contribution in [0.25, 0.3) is 10.9 Å². The Morgan fingerprint density at radius 2 is 2.04 bits per heavy atom. The molecule has 1 saturated carbocycles. The summed E-state index contributed by atoms with van der Waals surface area (Å²) >= 11 is 0. The molecule has 0 saturated heterocycles. The summed E-state index contributed by atoms with van der Waals surface area (Å²) in [6, 6.07) is 5.03. The first-order valence-corrected chi connectivity index (χ1v) is 13.5. The van der Waals surface area contributed by atoms with Crippen molar-refractivity contribution in [3.8, 4) is 5.75 Å². The van der Waals surface area contributed by atoms with Crippen molar-refractivity contribution in [1.82, 2.24) is 14.7 Å². The summed E-state index contributed by atoms with van der Waals surface area (Å²) in [7, 11) is 2.53. The standard InChI is InChI=1S/C20H32FN3O2Si/c1-23(15-6-7-15)11-10-17-19-18(9-8-16(21)20(19)25-2)24(22-17)14-26-12-13-27(3,4)5/h8-9,15H,6-7,10-14H2,1-5H3. The van der Waals surface area contributed by atoms with E-state index in [1.807, 2.05) is 4.68 Å². The summed E-state index contributed by atoms with van der Waals surface area (Å²) < 4.78 is 27.4. The van der Waals surface area contributed by atoms with Gasteiger partial charge >= 0.3 is 0 Å². The van der Waals surface area contributed by atoms with Gasteiger partial charge in [0.05, 0.1) is 23.7 Å². The number of rotatable bonds is 10. The molecular weight excluding hydrogens is 361 g/mol. The van der Waals surface area contributed by atoms with E-state index in [1.54, 1.807) is 6.07 Å². The van der Waals surface area contributed by atoms with Crippen LogP contribution in [0.4, 0.5) is 4.39 Å². The number of nitrogens with zero attached hydrogens (tertiary/aromatic N) is 3. The Kier molecular flexibility index (Phi) is 6.23. The van der Waals surface area contributed by atoms with Crippen molar-refractivity contribution in [1.29, 1.82) is 0 Å². The third-order valence-electron chi connectivity index (χ3n) is 5.18. The van der Waals surface area contributed by atoms with Crippen molar-refractivity contribution < 1.29 is 13.9 Å². The number of hydrogen-bond acceptors (Lipinski definition) is 4. The zero-order valence-corrected chi connectivity index (χ0v) is 18.2. The Hall–Kier alpha value is -1.44. The molecule has 0 atom stereocenters. The number of methoxy groups -OCH3 is 1. The van der Waals surface area contributed by atoms with Gasteiger partial charge in [-0.1, -0.05) is 19.6 Å². The highest BCUT2D eigenvalue weighted by atomic mass is 28.3. The summed E-state index contributed by atoms with van der Waals surface area (Å²) in [5, 5.41) is 5.53. The van der Waals surface area contributed by atoms with Gasteiger partial charge in [0.25, 0.3) is 0 Å². The lowest BCUT2D eigenvalue weighted by molar-refractivity contribution is 0.0813. The third-order valence-corrected chi connectivity index (χ3v) is 6.89. The molecule has 0 N–H and O–H groups in total. The van der Waals surface area contributed by atoms with Crippen LogP contribution in [-0.2, 0) is 17.9 Å². The Morgan fingerprint density at radius 3 is 2.67 bits per heavy atom. The van der Waals surface area contributed by atoms with Crippen LogP contribution in [0.1, 0.15) is 18.5 Å². The maximum Gasteiger partial charge on any atom is 0.165 e. The van der Waals surface area contributed by atoms with Crippen molar-refractivity contribution in [3.63, 3.8) is 0 Å². The van der Waals surface area contributed by atoms with Crippen LogP contribution in [-0.4, -0.2) is 56.1 Å². The lowest BCUT2D eigenvalue weighted by Gasteiger charge is -2.15. The van der Waals surface area contributed by atoms with Crippen LogP contribution in [0.15, 0.2) is 12.1 Å². The molecule has 1 fully saturated rings. The molecule has 150 valence electrons. The third kappa shape index (κ3) is 5.09. The predicted octanol–water partition coefficient (Wildman–Crippen LogP) is 4.13. The van der Waals surface area contributed by atoms with Crippen molar-refractivity contribution in [2.45, 2.75) is 57.7 Å². The lowest BCUT2D eigenvalue weighted by atomic mass is 10.1.